The van der Waals surface area contributed by atoms with Gasteiger partial charge in [0.2, 0.25) is 10.9 Å². The molecular weight excluding hydrogens is 1050 g/mol. The second-order valence-electron chi connectivity index (χ2n) is 19.5. The van der Waals surface area contributed by atoms with Gasteiger partial charge in [-0.25, -0.2) is 27.6 Å². The van der Waals surface area contributed by atoms with Crippen LogP contribution in [-0.2, 0) is 14.2 Å². The Hall–Kier alpha value is -8.30. The summed E-state index contributed by atoms with van der Waals surface area (Å²) in [5.74, 6) is -3.74. The average molecular weight is 1100 g/mol. The van der Waals surface area contributed by atoms with Crippen molar-refractivity contribution in [2.75, 3.05) is 44.3 Å². The van der Waals surface area contributed by atoms with Crippen LogP contribution >= 0.6 is 22.7 Å². The molecule has 2 saturated heterocycles. The van der Waals surface area contributed by atoms with E-state index in [0.717, 1.165) is 57.8 Å². The number of hydrogen-bond acceptors (Lipinski definition) is 15. The number of carbonyl (C=O) groups excluding carboxylic acids is 3. The van der Waals surface area contributed by atoms with Gasteiger partial charge in [0.25, 0.3) is 0 Å². The van der Waals surface area contributed by atoms with Crippen LogP contribution in [0.15, 0.2) is 120 Å². The predicted molar refractivity (Wildman–Crippen MR) is 294 cm³/mol. The van der Waals surface area contributed by atoms with E-state index in [0.29, 0.717) is 46.0 Å². The minimum Gasteiger partial charge on any atom is -0.462 e. The van der Waals surface area contributed by atoms with Gasteiger partial charge in [0.1, 0.15) is 32.2 Å². The summed E-state index contributed by atoms with van der Waals surface area (Å²) >= 11 is 2.58. The summed E-state index contributed by atoms with van der Waals surface area (Å²) in [6.45, 7) is 11.8. The molecule has 0 saturated carbocycles. The van der Waals surface area contributed by atoms with Gasteiger partial charge in [-0.05, 0) is 89.9 Å². The molecule has 2 unspecified atom stereocenters. The van der Waals surface area contributed by atoms with E-state index in [1.165, 1.54) is 28.7 Å². The number of benzene rings is 4. The van der Waals surface area contributed by atoms with Crippen LogP contribution in [0.2, 0.25) is 0 Å². The molecule has 16 nitrogen and oxygen atoms in total. The van der Waals surface area contributed by atoms with Crippen LogP contribution in [0.25, 0.3) is 51.9 Å². The summed E-state index contributed by atoms with van der Waals surface area (Å²) in [7, 11) is 0. The lowest BCUT2D eigenvalue weighted by Gasteiger charge is -2.24. The monoisotopic (exact) mass is 1100 g/mol. The van der Waals surface area contributed by atoms with Gasteiger partial charge < -0.3 is 24.0 Å². The Kier molecular flexibility index (Phi) is 15.0. The summed E-state index contributed by atoms with van der Waals surface area (Å²) in [4.78, 5) is 84.8. The lowest BCUT2D eigenvalue weighted by Crippen LogP contribution is -2.35. The van der Waals surface area contributed by atoms with Crippen molar-refractivity contribution in [3.05, 3.63) is 170 Å². The van der Waals surface area contributed by atoms with Gasteiger partial charge in [0, 0.05) is 81.3 Å². The molecule has 2 aliphatic heterocycles. The van der Waals surface area contributed by atoms with Gasteiger partial charge in [0.15, 0.2) is 11.6 Å². The van der Waals surface area contributed by atoms with Crippen molar-refractivity contribution in [2.24, 2.45) is 0 Å². The first kappa shape index (κ1) is 53.1. The number of para-hydroxylation sites is 2. The fourth-order valence-corrected chi connectivity index (χ4v) is 12.2. The first-order valence-corrected chi connectivity index (χ1v) is 26.8. The highest BCUT2D eigenvalue weighted by Crippen LogP contribution is 2.37. The summed E-state index contributed by atoms with van der Waals surface area (Å²) in [6.07, 6.45) is 11.7. The van der Waals surface area contributed by atoms with E-state index in [4.69, 9.17) is 14.2 Å². The Morgan fingerprint density at radius 3 is 1.63 bits per heavy atom. The summed E-state index contributed by atoms with van der Waals surface area (Å²) < 4.78 is 63.8. The molecule has 1 amide bonds. The lowest BCUT2D eigenvalue weighted by atomic mass is 10.1. The number of hydrogen-bond donors (Lipinski definition) is 0. The van der Waals surface area contributed by atoms with E-state index in [1.807, 2.05) is 66.5 Å². The summed E-state index contributed by atoms with van der Waals surface area (Å²) in [5, 5.41) is 0.0861. The fraction of sp³-hybridized carbons (Fsp3) is 0.281. The van der Waals surface area contributed by atoms with Crippen LogP contribution in [-0.4, -0.2) is 96.7 Å². The molecule has 0 N–H and O–H groups in total. The van der Waals surface area contributed by atoms with Crippen molar-refractivity contribution in [1.29, 1.82) is 0 Å². The Balaban J connectivity index is 0.000000140. The summed E-state index contributed by atoms with van der Waals surface area (Å²) in [5.41, 5.74) is 2.73. The smallest absolute Gasteiger partial charge is 0.410 e. The number of amides is 1. The molecule has 2 aliphatic rings. The van der Waals surface area contributed by atoms with E-state index >= 15 is 4.39 Å². The molecule has 2 atom stereocenters. The highest BCUT2D eigenvalue weighted by atomic mass is 32.1. The Morgan fingerprint density at radius 2 is 1.12 bits per heavy atom. The van der Waals surface area contributed by atoms with Crippen LogP contribution in [0, 0.1) is 17.5 Å². The maximum atomic E-state index is 15.5. The molecule has 400 valence electrons. The predicted octanol–water partition coefficient (Wildman–Crippen LogP) is 11.1. The third-order valence-electron chi connectivity index (χ3n) is 13.3. The van der Waals surface area contributed by atoms with Crippen LogP contribution in [0.5, 0.6) is 0 Å². The molecule has 2 fully saturated rings. The molecule has 78 heavy (non-hydrogen) atoms. The minimum absolute atomic E-state index is 0.0587. The van der Waals surface area contributed by atoms with Crippen molar-refractivity contribution in [3.8, 4) is 0 Å². The van der Waals surface area contributed by atoms with Crippen molar-refractivity contribution < 1.29 is 41.8 Å². The molecular formula is C57H51F3N8O8S2. The summed E-state index contributed by atoms with van der Waals surface area (Å²) in [6, 6.07) is 19.7. The number of halogens is 3. The largest absolute Gasteiger partial charge is 0.462 e. The zero-order chi connectivity index (χ0) is 55.0. The first-order chi connectivity index (χ1) is 37.5. The number of esters is 2. The van der Waals surface area contributed by atoms with Gasteiger partial charge in [-0.15, -0.1) is 22.7 Å². The quantitative estimate of drug-likeness (QED) is 0.109. The topological polar surface area (TPSA) is 180 Å². The highest BCUT2D eigenvalue weighted by molar-refractivity contribution is 7.24. The number of pyridine rings is 2. The van der Waals surface area contributed by atoms with Crippen molar-refractivity contribution >= 4 is 98.3 Å². The van der Waals surface area contributed by atoms with Crippen LogP contribution in [0.4, 0.5) is 23.7 Å². The normalized spacial score (nSPS) is 15.4. The maximum Gasteiger partial charge on any atom is 0.410 e. The molecule has 0 spiro atoms. The van der Waals surface area contributed by atoms with Crippen molar-refractivity contribution in [2.45, 2.75) is 64.9 Å². The molecule has 0 aliphatic carbocycles. The third-order valence-corrected chi connectivity index (χ3v) is 15.6. The number of rotatable bonds is 7. The van der Waals surface area contributed by atoms with Crippen LogP contribution in [0.1, 0.15) is 91.4 Å². The second kappa shape index (κ2) is 22.0. The maximum absolute atomic E-state index is 15.5. The van der Waals surface area contributed by atoms with Gasteiger partial charge in [-0.2, -0.15) is 0 Å². The van der Waals surface area contributed by atoms with Gasteiger partial charge in [-0.1, -0.05) is 24.3 Å². The number of ether oxygens (including phenoxy) is 3. The van der Waals surface area contributed by atoms with Crippen LogP contribution in [0.3, 0.4) is 0 Å². The first-order valence-electron chi connectivity index (χ1n) is 25.2. The highest BCUT2D eigenvalue weighted by Gasteiger charge is 2.32. The second-order valence-corrected chi connectivity index (χ2v) is 21.5. The van der Waals surface area contributed by atoms with Crippen molar-refractivity contribution in [1.82, 2.24) is 33.6 Å². The zero-order valence-electron chi connectivity index (χ0n) is 43.0. The van der Waals surface area contributed by atoms with E-state index in [9.17, 15) is 32.8 Å². The van der Waals surface area contributed by atoms with E-state index in [2.05, 4.69) is 19.9 Å². The third kappa shape index (κ3) is 10.3. The molecule has 10 aromatic rings. The number of carbonyl (C=O) groups is 3. The van der Waals surface area contributed by atoms with Crippen molar-refractivity contribution in [3.63, 3.8) is 0 Å². The number of anilines is 1. The number of fused-ring (bicyclic) bond motifs is 10. The van der Waals surface area contributed by atoms with E-state index in [1.54, 1.807) is 78.5 Å². The van der Waals surface area contributed by atoms with Gasteiger partial charge in [-0.3, -0.25) is 38.3 Å². The number of thiazole rings is 2. The average Bonchev–Trinajstić information content (AvgIpc) is 4.25. The molecule has 12 rings (SSSR count). The SMILES string of the molecule is CC(C)(C)OC(=O)N1CCC(c2cnccn2)C1.CCOC(=O)c1c(=O)c2cc(F)c(F)cc2n2c1sc1ccccc12.CCOC(=O)c1c(=O)c2cc(F)c(N3CCC(c4cnccn4)C3)cc2n2c1sc1ccccc12. The van der Waals surface area contributed by atoms with E-state index in [-0.39, 0.29) is 58.6 Å². The molecule has 0 bridgehead atoms. The zero-order valence-corrected chi connectivity index (χ0v) is 44.6. The fourth-order valence-electron chi connectivity index (χ4n) is 9.83. The Labute approximate surface area is 451 Å². The molecule has 6 aromatic heterocycles. The molecule has 8 heterocycles. The van der Waals surface area contributed by atoms with Gasteiger partial charge >= 0.3 is 18.0 Å². The molecule has 0 radical (unpaired) electrons. The number of likely N-dealkylation sites (tertiary alicyclic amines) is 1. The van der Waals surface area contributed by atoms with E-state index < -0.39 is 45.8 Å². The molecule has 4 aromatic carbocycles. The number of nitrogens with zero attached hydrogens (tertiary/aromatic N) is 8. The van der Waals surface area contributed by atoms with Crippen LogP contribution < -0.4 is 15.8 Å². The standard InChI is InChI=1S/C26H21FN4O3S.C18H11F2NO3S.C13H19N3O2/c1-2-34-26(33)23-24(32)16-11-17(27)21(30-10-7-15(14-30)18-13-28-8-9-29-18)12-20(16)31-19-5-3-4-6-22(19)35-25(23)31;1-2-24-18(23)15-16(22)9-7-10(19)11(20)8-13(9)21-12-5-3-4-6-14(12)25-17(15)21;1-13(2,3)18-12(17)16-7-4-10(9-16)11-8-14-5-6-15-11/h3-6,8-9,11-13,15H,2,7,10,14H2,1H3;3-8H,2H2,1H3;5-6,8,10H,4,7,9H2,1-3H3. The Bertz CT molecular complexity index is 4070. The Morgan fingerprint density at radius 1 is 0.628 bits per heavy atom. The number of aromatic nitrogens is 6. The van der Waals surface area contributed by atoms with Gasteiger partial charge in [0.05, 0.1) is 72.5 Å². The minimum atomic E-state index is -1.14. The molecule has 21 heteroatoms. The lowest BCUT2D eigenvalue weighted by molar-refractivity contribution is 0.0291.